The SMILES string of the molecule is CCCOC(=O)c1cccc(NC(=O)CSCC(=O)Nc2ccc(C)cc2)c1. The maximum Gasteiger partial charge on any atom is 0.338 e. The fraction of sp³-hybridized carbons (Fsp3) is 0.286. The van der Waals surface area contributed by atoms with Gasteiger partial charge in [0.1, 0.15) is 0 Å². The van der Waals surface area contributed by atoms with E-state index in [9.17, 15) is 14.4 Å². The Hall–Kier alpha value is -2.80. The zero-order chi connectivity index (χ0) is 20.4. The van der Waals surface area contributed by atoms with Gasteiger partial charge in [-0.25, -0.2) is 4.79 Å². The van der Waals surface area contributed by atoms with Crippen molar-refractivity contribution in [3.8, 4) is 0 Å². The second-order valence-corrected chi connectivity index (χ2v) is 7.16. The number of esters is 1. The number of carbonyl (C=O) groups is 3. The van der Waals surface area contributed by atoms with E-state index in [2.05, 4.69) is 10.6 Å². The highest BCUT2D eigenvalue weighted by Crippen LogP contribution is 2.13. The van der Waals surface area contributed by atoms with E-state index < -0.39 is 5.97 Å². The van der Waals surface area contributed by atoms with Crippen molar-refractivity contribution in [3.05, 3.63) is 59.7 Å². The Kier molecular flexibility index (Phi) is 8.55. The van der Waals surface area contributed by atoms with Crippen molar-refractivity contribution in [2.75, 3.05) is 28.7 Å². The third-order valence-electron chi connectivity index (χ3n) is 3.62. The van der Waals surface area contributed by atoms with Crippen LogP contribution in [-0.4, -0.2) is 35.9 Å². The standard InChI is InChI=1S/C21H24N2O4S/c1-3-11-27-21(26)16-5-4-6-18(12-16)23-20(25)14-28-13-19(24)22-17-9-7-15(2)8-10-17/h4-10,12H,3,11,13-14H2,1-2H3,(H,22,24)(H,23,25). The minimum Gasteiger partial charge on any atom is -0.462 e. The van der Waals surface area contributed by atoms with Crippen molar-refractivity contribution in [2.45, 2.75) is 20.3 Å². The largest absolute Gasteiger partial charge is 0.462 e. The highest BCUT2D eigenvalue weighted by atomic mass is 32.2. The molecule has 0 aliphatic carbocycles. The molecule has 0 spiro atoms. The van der Waals surface area contributed by atoms with Gasteiger partial charge in [0.15, 0.2) is 0 Å². The molecule has 2 N–H and O–H groups in total. The average molecular weight is 401 g/mol. The Labute approximate surface area is 169 Å². The lowest BCUT2D eigenvalue weighted by atomic mass is 10.2. The number of ether oxygens (including phenoxy) is 1. The van der Waals surface area contributed by atoms with Crippen LogP contribution in [0.5, 0.6) is 0 Å². The van der Waals surface area contributed by atoms with Crippen LogP contribution in [0.1, 0.15) is 29.3 Å². The zero-order valence-corrected chi connectivity index (χ0v) is 16.8. The molecule has 0 radical (unpaired) electrons. The molecule has 0 aliphatic heterocycles. The number of benzene rings is 2. The zero-order valence-electron chi connectivity index (χ0n) is 16.0. The second kappa shape index (κ2) is 11.1. The number of amides is 2. The van der Waals surface area contributed by atoms with Gasteiger partial charge >= 0.3 is 5.97 Å². The molecule has 6 nitrogen and oxygen atoms in total. The summed E-state index contributed by atoms with van der Waals surface area (Å²) in [5.41, 5.74) is 2.75. The Morgan fingerprint density at radius 3 is 2.21 bits per heavy atom. The summed E-state index contributed by atoms with van der Waals surface area (Å²) in [7, 11) is 0. The van der Waals surface area contributed by atoms with Crippen molar-refractivity contribution in [1.82, 2.24) is 0 Å². The monoisotopic (exact) mass is 400 g/mol. The van der Waals surface area contributed by atoms with Gasteiger partial charge in [0.25, 0.3) is 0 Å². The number of nitrogens with one attached hydrogen (secondary N) is 2. The quantitative estimate of drug-likeness (QED) is 0.624. The van der Waals surface area contributed by atoms with Crippen LogP contribution in [0.2, 0.25) is 0 Å². The molecule has 0 fully saturated rings. The van der Waals surface area contributed by atoms with Crippen molar-refractivity contribution in [1.29, 1.82) is 0 Å². The van der Waals surface area contributed by atoms with Gasteiger partial charge in [0.2, 0.25) is 11.8 Å². The molecule has 0 aliphatic rings. The van der Waals surface area contributed by atoms with Crippen LogP contribution >= 0.6 is 11.8 Å². The van der Waals surface area contributed by atoms with Gasteiger partial charge in [-0.05, 0) is 43.7 Å². The molecule has 0 heterocycles. The molecule has 2 amide bonds. The minimum atomic E-state index is -0.417. The second-order valence-electron chi connectivity index (χ2n) is 6.17. The third kappa shape index (κ3) is 7.44. The first-order valence-corrected chi connectivity index (χ1v) is 10.1. The summed E-state index contributed by atoms with van der Waals surface area (Å²) >= 11 is 1.22. The van der Waals surface area contributed by atoms with E-state index in [0.29, 0.717) is 17.9 Å². The smallest absolute Gasteiger partial charge is 0.338 e. The lowest BCUT2D eigenvalue weighted by molar-refractivity contribution is -0.114. The molecule has 0 aromatic heterocycles. The van der Waals surface area contributed by atoms with Gasteiger partial charge in [-0.3, -0.25) is 9.59 Å². The molecule has 0 bridgehead atoms. The summed E-state index contributed by atoms with van der Waals surface area (Å²) in [4.78, 5) is 35.9. The number of rotatable bonds is 9. The van der Waals surface area contributed by atoms with Crippen molar-refractivity contribution < 1.29 is 19.1 Å². The average Bonchev–Trinajstić information content (AvgIpc) is 2.68. The molecule has 0 unspecified atom stereocenters. The molecular weight excluding hydrogens is 376 g/mol. The Balaban J connectivity index is 1.75. The van der Waals surface area contributed by atoms with Crippen LogP contribution in [0, 0.1) is 6.92 Å². The summed E-state index contributed by atoms with van der Waals surface area (Å²) in [6.07, 6.45) is 0.747. The summed E-state index contributed by atoms with van der Waals surface area (Å²) in [5.74, 6) is -0.522. The van der Waals surface area contributed by atoms with E-state index in [1.807, 2.05) is 38.1 Å². The molecule has 0 saturated heterocycles. The first-order chi connectivity index (χ1) is 13.5. The number of thioether (sulfide) groups is 1. The Bertz CT molecular complexity index is 821. The van der Waals surface area contributed by atoms with Crippen LogP contribution < -0.4 is 10.6 Å². The lowest BCUT2D eigenvalue weighted by Gasteiger charge is -2.08. The van der Waals surface area contributed by atoms with E-state index in [0.717, 1.165) is 17.7 Å². The highest BCUT2D eigenvalue weighted by Gasteiger charge is 2.10. The van der Waals surface area contributed by atoms with E-state index in [1.165, 1.54) is 11.8 Å². The first-order valence-electron chi connectivity index (χ1n) is 8.99. The molecule has 28 heavy (non-hydrogen) atoms. The molecule has 0 saturated carbocycles. The third-order valence-corrected chi connectivity index (χ3v) is 4.55. The van der Waals surface area contributed by atoms with E-state index in [-0.39, 0.29) is 23.3 Å². The van der Waals surface area contributed by atoms with Crippen molar-refractivity contribution in [2.24, 2.45) is 0 Å². The number of hydrogen-bond acceptors (Lipinski definition) is 5. The van der Waals surface area contributed by atoms with Gasteiger partial charge in [0, 0.05) is 11.4 Å². The number of hydrogen-bond donors (Lipinski definition) is 2. The topological polar surface area (TPSA) is 84.5 Å². The number of anilines is 2. The molecule has 2 rings (SSSR count). The first kappa shape index (κ1) is 21.5. The van der Waals surface area contributed by atoms with Crippen LogP contribution in [0.3, 0.4) is 0 Å². The van der Waals surface area contributed by atoms with Crippen molar-refractivity contribution >= 4 is 40.9 Å². The van der Waals surface area contributed by atoms with Crippen LogP contribution in [-0.2, 0) is 14.3 Å². The summed E-state index contributed by atoms with van der Waals surface area (Å²) in [6, 6.07) is 14.1. The maximum atomic E-state index is 12.1. The van der Waals surface area contributed by atoms with Gasteiger partial charge in [-0.2, -0.15) is 0 Å². The predicted molar refractivity (Wildman–Crippen MR) is 113 cm³/mol. The normalized spacial score (nSPS) is 10.2. The van der Waals surface area contributed by atoms with Crippen LogP contribution in [0.25, 0.3) is 0 Å². The fourth-order valence-electron chi connectivity index (χ4n) is 2.27. The predicted octanol–water partition coefficient (Wildman–Crippen LogP) is 3.87. The molecule has 0 atom stereocenters. The van der Waals surface area contributed by atoms with Crippen molar-refractivity contribution in [3.63, 3.8) is 0 Å². The Morgan fingerprint density at radius 2 is 1.57 bits per heavy atom. The van der Waals surface area contributed by atoms with Gasteiger partial charge in [-0.15, -0.1) is 11.8 Å². The van der Waals surface area contributed by atoms with E-state index >= 15 is 0 Å². The fourth-order valence-corrected chi connectivity index (χ4v) is 2.89. The molecular formula is C21H24N2O4S. The number of carbonyl (C=O) groups excluding carboxylic acids is 3. The number of aryl methyl sites for hydroxylation is 1. The summed E-state index contributed by atoms with van der Waals surface area (Å²) in [5, 5.41) is 5.51. The van der Waals surface area contributed by atoms with E-state index in [4.69, 9.17) is 4.74 Å². The molecule has 2 aromatic carbocycles. The summed E-state index contributed by atoms with van der Waals surface area (Å²) < 4.78 is 5.08. The van der Waals surface area contributed by atoms with Crippen LogP contribution in [0.4, 0.5) is 11.4 Å². The van der Waals surface area contributed by atoms with Gasteiger partial charge in [0.05, 0.1) is 23.7 Å². The Morgan fingerprint density at radius 1 is 0.929 bits per heavy atom. The van der Waals surface area contributed by atoms with Gasteiger partial charge in [-0.1, -0.05) is 30.7 Å². The van der Waals surface area contributed by atoms with Gasteiger partial charge < -0.3 is 15.4 Å². The molecule has 7 heteroatoms. The van der Waals surface area contributed by atoms with E-state index in [1.54, 1.807) is 24.3 Å². The van der Waals surface area contributed by atoms with Crippen LogP contribution in [0.15, 0.2) is 48.5 Å². The minimum absolute atomic E-state index is 0.131. The summed E-state index contributed by atoms with van der Waals surface area (Å²) in [6.45, 7) is 4.25. The maximum absolute atomic E-state index is 12.1. The molecule has 148 valence electrons. The highest BCUT2D eigenvalue weighted by molar-refractivity contribution is 8.00. The lowest BCUT2D eigenvalue weighted by Crippen LogP contribution is -2.18. The molecule has 2 aromatic rings.